The Morgan fingerprint density at radius 2 is 1.76 bits per heavy atom. The molecule has 1 aromatic heterocycles. The van der Waals surface area contributed by atoms with Gasteiger partial charge in [-0.15, -0.1) is 0 Å². The van der Waals surface area contributed by atoms with Crippen molar-refractivity contribution < 1.29 is 4.74 Å². The summed E-state index contributed by atoms with van der Waals surface area (Å²) in [7, 11) is 0. The van der Waals surface area contributed by atoms with Crippen LogP contribution in [0.2, 0.25) is 15.1 Å². The van der Waals surface area contributed by atoms with E-state index >= 15 is 0 Å². The molecule has 1 N–H and O–H groups in total. The monoisotopic (exact) mass is 392 g/mol. The van der Waals surface area contributed by atoms with Crippen molar-refractivity contribution in [2.75, 3.05) is 6.61 Å². The molecular formula is C19H15Cl3N2O. The van der Waals surface area contributed by atoms with E-state index in [1.165, 1.54) is 0 Å². The van der Waals surface area contributed by atoms with Gasteiger partial charge in [0.05, 0.1) is 33.6 Å². The number of aromatic nitrogens is 2. The molecule has 3 nitrogen and oxygen atoms in total. The number of benzene rings is 2. The third-order valence-electron chi connectivity index (χ3n) is 3.55. The molecule has 25 heavy (non-hydrogen) atoms. The van der Waals surface area contributed by atoms with Crippen molar-refractivity contribution in [2.24, 2.45) is 0 Å². The van der Waals surface area contributed by atoms with E-state index in [9.17, 15) is 0 Å². The normalized spacial score (nSPS) is 11.2. The number of halogens is 3. The molecule has 0 aliphatic heterocycles. The summed E-state index contributed by atoms with van der Waals surface area (Å²) in [6.45, 7) is 2.62. The molecule has 6 heteroatoms. The molecule has 2 aromatic carbocycles. The van der Waals surface area contributed by atoms with Crippen molar-refractivity contribution >= 4 is 47.0 Å². The largest absolute Gasteiger partial charge is 0.494 e. The fourth-order valence-electron chi connectivity index (χ4n) is 2.31. The smallest absolute Gasteiger partial charge is 0.130 e. The molecule has 0 amide bonds. The minimum Gasteiger partial charge on any atom is -0.494 e. The summed E-state index contributed by atoms with van der Waals surface area (Å²) in [5, 5.41) is 1.16. The molecule has 0 spiro atoms. The van der Waals surface area contributed by atoms with E-state index in [4.69, 9.17) is 39.5 Å². The van der Waals surface area contributed by atoms with Crippen molar-refractivity contribution in [1.82, 2.24) is 9.97 Å². The molecule has 0 unspecified atom stereocenters. The number of nitrogens with one attached hydrogen (secondary N) is 1. The summed E-state index contributed by atoms with van der Waals surface area (Å²) < 4.78 is 5.43. The minimum absolute atomic E-state index is 0.335. The van der Waals surface area contributed by atoms with Gasteiger partial charge in [-0.3, -0.25) is 0 Å². The Labute approximate surface area is 161 Å². The predicted molar refractivity (Wildman–Crippen MR) is 106 cm³/mol. The van der Waals surface area contributed by atoms with Crippen LogP contribution in [0.4, 0.5) is 0 Å². The fourth-order valence-corrected chi connectivity index (χ4v) is 2.95. The first-order chi connectivity index (χ1) is 12.1. The highest BCUT2D eigenvalue weighted by Gasteiger charge is 2.12. The van der Waals surface area contributed by atoms with Crippen molar-refractivity contribution in [1.29, 1.82) is 0 Å². The third-order valence-corrected chi connectivity index (χ3v) is 4.84. The highest BCUT2D eigenvalue weighted by molar-refractivity contribution is 6.49. The zero-order valence-corrected chi connectivity index (χ0v) is 15.7. The zero-order chi connectivity index (χ0) is 17.8. The molecule has 0 radical (unpaired) electrons. The van der Waals surface area contributed by atoms with Gasteiger partial charge in [0.25, 0.3) is 0 Å². The van der Waals surface area contributed by atoms with Crippen LogP contribution >= 0.6 is 34.8 Å². The van der Waals surface area contributed by atoms with Gasteiger partial charge < -0.3 is 9.72 Å². The van der Waals surface area contributed by atoms with Crippen molar-refractivity contribution in [3.63, 3.8) is 0 Å². The van der Waals surface area contributed by atoms with E-state index in [2.05, 4.69) is 9.97 Å². The number of rotatable bonds is 5. The molecular weight excluding hydrogens is 379 g/mol. The molecule has 3 rings (SSSR count). The van der Waals surface area contributed by atoms with E-state index < -0.39 is 0 Å². The molecule has 0 saturated carbocycles. The van der Waals surface area contributed by atoms with Crippen LogP contribution in [0.1, 0.15) is 18.3 Å². The van der Waals surface area contributed by atoms with E-state index in [1.54, 1.807) is 12.3 Å². The van der Waals surface area contributed by atoms with E-state index in [0.717, 1.165) is 22.6 Å². The number of hydrogen-bond donors (Lipinski definition) is 1. The standard InChI is InChI=1S/C19H15Cl3N2O/c1-2-25-13-6-3-12(4-7-13)5-10-17-23-11-16(24-17)14-8-9-15(20)19(22)18(14)21/h3-11H,2H2,1H3,(H,23,24)/b10-5+. The van der Waals surface area contributed by atoms with Crippen LogP contribution in [0.5, 0.6) is 5.75 Å². The Morgan fingerprint density at radius 1 is 1.00 bits per heavy atom. The summed E-state index contributed by atoms with van der Waals surface area (Å²) in [6, 6.07) is 11.4. The van der Waals surface area contributed by atoms with Crippen LogP contribution in [0.25, 0.3) is 23.4 Å². The van der Waals surface area contributed by atoms with Crippen molar-refractivity contribution in [3.8, 4) is 17.0 Å². The van der Waals surface area contributed by atoms with Gasteiger partial charge >= 0.3 is 0 Å². The van der Waals surface area contributed by atoms with Crippen molar-refractivity contribution in [3.05, 3.63) is 69.1 Å². The Kier molecular flexibility index (Phi) is 5.69. The Balaban J connectivity index is 1.79. The molecule has 0 aliphatic carbocycles. The van der Waals surface area contributed by atoms with E-state index in [-0.39, 0.29) is 0 Å². The molecule has 0 fully saturated rings. The highest BCUT2D eigenvalue weighted by atomic mass is 35.5. The SMILES string of the molecule is CCOc1ccc(/C=C/c2ncc(-c3ccc(Cl)c(Cl)c3Cl)[nH]2)cc1. The maximum Gasteiger partial charge on any atom is 0.130 e. The summed E-state index contributed by atoms with van der Waals surface area (Å²) in [5.41, 5.74) is 2.58. The Bertz CT molecular complexity index is 902. The first kappa shape index (κ1) is 17.9. The third kappa shape index (κ3) is 4.18. The van der Waals surface area contributed by atoms with Gasteiger partial charge in [0.1, 0.15) is 11.6 Å². The lowest BCUT2D eigenvalue weighted by Crippen LogP contribution is -1.90. The van der Waals surface area contributed by atoms with Gasteiger partial charge in [0.15, 0.2) is 0 Å². The molecule has 0 saturated heterocycles. The lowest BCUT2D eigenvalue weighted by atomic mass is 10.2. The maximum absolute atomic E-state index is 6.26. The van der Waals surface area contributed by atoms with E-state index in [0.29, 0.717) is 27.5 Å². The second kappa shape index (κ2) is 7.96. The number of ether oxygens (including phenoxy) is 1. The molecule has 0 bridgehead atoms. The fraction of sp³-hybridized carbons (Fsp3) is 0.105. The Hall–Kier alpha value is -1.94. The van der Waals surface area contributed by atoms with Crippen LogP contribution in [0.15, 0.2) is 42.6 Å². The average molecular weight is 394 g/mol. The number of aromatic amines is 1. The van der Waals surface area contributed by atoms with Gasteiger partial charge in [-0.1, -0.05) is 53.0 Å². The first-order valence-electron chi connectivity index (χ1n) is 7.68. The summed E-state index contributed by atoms with van der Waals surface area (Å²) >= 11 is 18.3. The zero-order valence-electron chi connectivity index (χ0n) is 13.4. The second-order valence-electron chi connectivity index (χ2n) is 5.24. The van der Waals surface area contributed by atoms with Gasteiger partial charge in [0, 0.05) is 5.56 Å². The van der Waals surface area contributed by atoms with E-state index in [1.807, 2.05) is 49.4 Å². The number of imidazole rings is 1. The Morgan fingerprint density at radius 3 is 2.48 bits per heavy atom. The quantitative estimate of drug-likeness (QED) is 0.495. The molecule has 0 aliphatic rings. The summed E-state index contributed by atoms with van der Waals surface area (Å²) in [5.74, 6) is 1.57. The number of nitrogens with zero attached hydrogens (tertiary/aromatic N) is 1. The number of H-pyrrole nitrogens is 1. The summed E-state index contributed by atoms with van der Waals surface area (Å²) in [6.07, 6.45) is 5.57. The summed E-state index contributed by atoms with van der Waals surface area (Å²) in [4.78, 5) is 7.56. The van der Waals surface area contributed by atoms with Crippen LogP contribution in [-0.4, -0.2) is 16.6 Å². The highest BCUT2D eigenvalue weighted by Crippen LogP contribution is 2.37. The maximum atomic E-state index is 6.26. The molecule has 1 heterocycles. The topological polar surface area (TPSA) is 37.9 Å². The molecule has 0 atom stereocenters. The van der Waals surface area contributed by atoms with Crippen LogP contribution < -0.4 is 4.74 Å². The van der Waals surface area contributed by atoms with Gasteiger partial charge in [-0.2, -0.15) is 0 Å². The van der Waals surface area contributed by atoms with Gasteiger partial charge in [0.2, 0.25) is 0 Å². The second-order valence-corrected chi connectivity index (χ2v) is 6.40. The van der Waals surface area contributed by atoms with Crippen LogP contribution in [-0.2, 0) is 0 Å². The average Bonchev–Trinajstić information content (AvgIpc) is 3.08. The number of hydrogen-bond acceptors (Lipinski definition) is 2. The van der Waals surface area contributed by atoms with Crippen LogP contribution in [0.3, 0.4) is 0 Å². The van der Waals surface area contributed by atoms with Crippen molar-refractivity contribution in [2.45, 2.75) is 6.92 Å². The first-order valence-corrected chi connectivity index (χ1v) is 8.81. The predicted octanol–water partition coefficient (Wildman–Crippen LogP) is 6.61. The molecule has 3 aromatic rings. The lowest BCUT2D eigenvalue weighted by Gasteiger charge is -2.04. The lowest BCUT2D eigenvalue weighted by molar-refractivity contribution is 0.340. The van der Waals surface area contributed by atoms with Gasteiger partial charge in [-0.25, -0.2) is 4.98 Å². The minimum atomic E-state index is 0.335. The van der Waals surface area contributed by atoms with Crippen LogP contribution in [0, 0.1) is 0 Å². The molecule has 128 valence electrons. The van der Waals surface area contributed by atoms with Gasteiger partial charge in [-0.05, 0) is 42.8 Å².